The van der Waals surface area contributed by atoms with E-state index in [9.17, 15) is 0 Å². The molecule has 0 aliphatic carbocycles. The molecule has 0 aliphatic heterocycles. The van der Waals surface area contributed by atoms with E-state index in [1.165, 1.54) is 0 Å². The minimum Gasteiger partial charge on any atom is -0.496 e. The normalized spacial score (nSPS) is 10.5. The zero-order chi connectivity index (χ0) is 10.1. The quantitative estimate of drug-likeness (QED) is 0.776. The number of aryl methyl sites for hydroxylation is 1. The van der Waals surface area contributed by atoms with E-state index in [-0.39, 0.29) is 0 Å². The van der Waals surface area contributed by atoms with E-state index in [4.69, 9.17) is 4.74 Å². The van der Waals surface area contributed by atoms with Crippen LogP contribution < -0.4 is 4.74 Å². The molecule has 0 amide bonds. The molecule has 1 heterocycles. The van der Waals surface area contributed by atoms with Gasteiger partial charge in [0.2, 0.25) is 0 Å². The van der Waals surface area contributed by atoms with Gasteiger partial charge in [-0.3, -0.25) is 4.98 Å². The summed E-state index contributed by atoms with van der Waals surface area (Å²) in [5, 5.41) is 1.03. The second-order valence-corrected chi connectivity index (χ2v) is 3.95. The lowest BCUT2D eigenvalue weighted by Crippen LogP contribution is -1.89. The number of halogens is 1. The smallest absolute Gasteiger partial charge is 0.129 e. The Kier molecular flexibility index (Phi) is 2.42. The summed E-state index contributed by atoms with van der Waals surface area (Å²) in [5.41, 5.74) is 1.95. The first-order valence-corrected chi connectivity index (χ1v) is 5.11. The number of ether oxygens (including phenoxy) is 1. The maximum Gasteiger partial charge on any atom is 0.129 e. The first kappa shape index (κ1) is 9.46. The highest BCUT2D eigenvalue weighted by Crippen LogP contribution is 2.31. The number of methoxy groups -OCH3 is 1. The average molecular weight is 252 g/mol. The zero-order valence-corrected chi connectivity index (χ0v) is 9.63. The predicted octanol–water partition coefficient (Wildman–Crippen LogP) is 3.31. The maximum absolute atomic E-state index is 5.28. The number of nitrogens with zero attached hydrogens (tertiary/aromatic N) is 1. The van der Waals surface area contributed by atoms with Crippen molar-refractivity contribution in [2.24, 2.45) is 0 Å². The van der Waals surface area contributed by atoms with Gasteiger partial charge in [-0.25, -0.2) is 0 Å². The van der Waals surface area contributed by atoms with Crippen LogP contribution >= 0.6 is 15.9 Å². The monoisotopic (exact) mass is 251 g/mol. The molecule has 0 N–H and O–H groups in total. The highest BCUT2D eigenvalue weighted by atomic mass is 79.9. The van der Waals surface area contributed by atoms with E-state index in [0.717, 1.165) is 26.8 Å². The number of benzene rings is 1. The summed E-state index contributed by atoms with van der Waals surface area (Å²) in [7, 11) is 1.67. The average Bonchev–Trinajstić information content (AvgIpc) is 2.16. The third-order valence-corrected chi connectivity index (χ3v) is 2.72. The Bertz CT molecular complexity index is 482. The Labute approximate surface area is 91.0 Å². The minimum absolute atomic E-state index is 0.849. The lowest BCUT2D eigenvalue weighted by Gasteiger charge is -2.07. The molecule has 72 valence electrons. The lowest BCUT2D eigenvalue weighted by atomic mass is 10.2. The number of fused-ring (bicyclic) bond motifs is 1. The number of rotatable bonds is 1. The van der Waals surface area contributed by atoms with E-state index in [1.54, 1.807) is 7.11 Å². The van der Waals surface area contributed by atoms with Gasteiger partial charge in [0, 0.05) is 10.2 Å². The fraction of sp³-hybridized carbons (Fsp3) is 0.182. The van der Waals surface area contributed by atoms with Crippen LogP contribution in [0.25, 0.3) is 10.9 Å². The third kappa shape index (κ3) is 1.48. The van der Waals surface area contributed by atoms with Gasteiger partial charge < -0.3 is 4.74 Å². The van der Waals surface area contributed by atoms with Gasteiger partial charge in [-0.1, -0.05) is 6.07 Å². The van der Waals surface area contributed by atoms with Crippen LogP contribution in [0.15, 0.2) is 28.7 Å². The first-order valence-electron chi connectivity index (χ1n) is 4.32. The number of aromatic nitrogens is 1. The van der Waals surface area contributed by atoms with E-state index < -0.39 is 0 Å². The highest BCUT2D eigenvalue weighted by molar-refractivity contribution is 9.10. The van der Waals surface area contributed by atoms with E-state index in [2.05, 4.69) is 20.9 Å². The van der Waals surface area contributed by atoms with Crippen molar-refractivity contribution in [2.75, 3.05) is 7.11 Å². The molecule has 0 atom stereocenters. The first-order chi connectivity index (χ1) is 6.72. The minimum atomic E-state index is 0.849. The Morgan fingerprint density at radius 2 is 2.14 bits per heavy atom. The van der Waals surface area contributed by atoms with Gasteiger partial charge in [0.1, 0.15) is 5.75 Å². The summed E-state index contributed by atoms with van der Waals surface area (Å²) in [6.45, 7) is 1.98. The van der Waals surface area contributed by atoms with Crippen LogP contribution in [0.5, 0.6) is 5.75 Å². The van der Waals surface area contributed by atoms with Crippen molar-refractivity contribution in [1.82, 2.24) is 4.98 Å². The van der Waals surface area contributed by atoms with Gasteiger partial charge in [-0.2, -0.15) is 0 Å². The van der Waals surface area contributed by atoms with Crippen LogP contribution in [-0.4, -0.2) is 12.1 Å². The van der Waals surface area contributed by atoms with Crippen molar-refractivity contribution >= 4 is 26.8 Å². The predicted molar refractivity (Wildman–Crippen MR) is 60.7 cm³/mol. The lowest BCUT2D eigenvalue weighted by molar-refractivity contribution is 0.419. The molecule has 14 heavy (non-hydrogen) atoms. The van der Waals surface area contributed by atoms with Gasteiger partial charge in [0.05, 0.1) is 18.0 Å². The van der Waals surface area contributed by atoms with Gasteiger partial charge >= 0.3 is 0 Å². The Morgan fingerprint density at radius 3 is 2.86 bits per heavy atom. The summed E-state index contributed by atoms with van der Waals surface area (Å²) < 4.78 is 6.30. The molecule has 0 aliphatic rings. The summed E-state index contributed by atoms with van der Waals surface area (Å²) in [6, 6.07) is 7.85. The summed E-state index contributed by atoms with van der Waals surface area (Å²) in [6.07, 6.45) is 0. The fourth-order valence-corrected chi connectivity index (χ4v) is 2.23. The van der Waals surface area contributed by atoms with Crippen LogP contribution in [-0.2, 0) is 0 Å². The van der Waals surface area contributed by atoms with Gasteiger partial charge in [0.25, 0.3) is 0 Å². The Hall–Kier alpha value is -1.09. The molecule has 2 nitrogen and oxygen atoms in total. The van der Waals surface area contributed by atoms with Crippen LogP contribution in [0.1, 0.15) is 5.69 Å². The SMILES string of the molecule is COc1cccc2nc(C)cc(Br)c12. The highest BCUT2D eigenvalue weighted by Gasteiger charge is 2.06. The second kappa shape index (κ2) is 3.58. The molecule has 1 aromatic heterocycles. The summed E-state index contributed by atoms with van der Waals surface area (Å²) in [5.74, 6) is 0.849. The fourth-order valence-electron chi connectivity index (χ4n) is 1.50. The topological polar surface area (TPSA) is 22.1 Å². The molecule has 0 spiro atoms. The molecule has 2 aromatic rings. The Morgan fingerprint density at radius 1 is 1.36 bits per heavy atom. The maximum atomic E-state index is 5.28. The van der Waals surface area contributed by atoms with Gasteiger partial charge in [-0.05, 0) is 41.1 Å². The van der Waals surface area contributed by atoms with Crippen LogP contribution in [0.2, 0.25) is 0 Å². The molecule has 3 heteroatoms. The molecule has 0 radical (unpaired) electrons. The zero-order valence-electron chi connectivity index (χ0n) is 8.04. The largest absolute Gasteiger partial charge is 0.496 e. The molecule has 0 fully saturated rings. The van der Waals surface area contributed by atoms with Crippen LogP contribution in [0, 0.1) is 6.92 Å². The second-order valence-electron chi connectivity index (χ2n) is 3.10. The summed E-state index contributed by atoms with van der Waals surface area (Å²) >= 11 is 3.52. The van der Waals surface area contributed by atoms with Crippen molar-refractivity contribution in [1.29, 1.82) is 0 Å². The van der Waals surface area contributed by atoms with E-state index in [1.807, 2.05) is 31.2 Å². The third-order valence-electron chi connectivity index (χ3n) is 2.10. The summed E-state index contributed by atoms with van der Waals surface area (Å²) in [4.78, 5) is 4.44. The standard InChI is InChI=1S/C11H10BrNO/c1-7-6-8(12)11-9(13-7)4-3-5-10(11)14-2/h3-6H,1-2H3. The van der Waals surface area contributed by atoms with Crippen LogP contribution in [0.3, 0.4) is 0 Å². The van der Waals surface area contributed by atoms with E-state index in [0.29, 0.717) is 0 Å². The molecule has 0 unspecified atom stereocenters. The molecular formula is C11H10BrNO. The number of hydrogen-bond donors (Lipinski definition) is 0. The van der Waals surface area contributed by atoms with Crippen molar-refractivity contribution in [3.05, 3.63) is 34.4 Å². The van der Waals surface area contributed by atoms with Gasteiger partial charge in [0.15, 0.2) is 0 Å². The molecule has 0 saturated heterocycles. The Balaban J connectivity index is 2.87. The number of pyridine rings is 1. The van der Waals surface area contributed by atoms with Crippen LogP contribution in [0.4, 0.5) is 0 Å². The molecule has 1 aromatic carbocycles. The number of hydrogen-bond acceptors (Lipinski definition) is 2. The molecule has 2 rings (SSSR count). The molecule has 0 bridgehead atoms. The van der Waals surface area contributed by atoms with Crippen molar-refractivity contribution in [2.45, 2.75) is 6.92 Å². The van der Waals surface area contributed by atoms with Crippen molar-refractivity contribution in [3.8, 4) is 5.75 Å². The molecular weight excluding hydrogens is 242 g/mol. The van der Waals surface area contributed by atoms with E-state index >= 15 is 0 Å². The van der Waals surface area contributed by atoms with Crippen molar-refractivity contribution < 1.29 is 4.74 Å². The molecule has 0 saturated carbocycles. The van der Waals surface area contributed by atoms with Gasteiger partial charge in [-0.15, -0.1) is 0 Å². The van der Waals surface area contributed by atoms with Crippen molar-refractivity contribution in [3.63, 3.8) is 0 Å².